The monoisotopic (exact) mass is 255 g/mol. The summed E-state index contributed by atoms with van der Waals surface area (Å²) in [5.41, 5.74) is 0.944. The third-order valence-electron chi connectivity index (χ3n) is 2.24. The van der Waals surface area contributed by atoms with Crippen LogP contribution in [0.4, 0.5) is 4.79 Å². The van der Waals surface area contributed by atoms with Gasteiger partial charge in [0.1, 0.15) is 6.61 Å². The Morgan fingerprint density at radius 3 is 2.95 bits per heavy atom. The van der Waals surface area contributed by atoms with Gasteiger partial charge in [0.05, 0.1) is 6.54 Å². The van der Waals surface area contributed by atoms with E-state index in [1.165, 1.54) is 0 Å². The van der Waals surface area contributed by atoms with E-state index < -0.39 is 6.09 Å². The predicted molar refractivity (Wildman–Crippen MR) is 70.1 cm³/mol. The van der Waals surface area contributed by atoms with Gasteiger partial charge in [-0.15, -0.1) is 0 Å². The number of hydrogen-bond donors (Lipinski definition) is 2. The number of nitrogens with one attached hydrogen (secondary N) is 2. The zero-order chi connectivity index (χ0) is 13.3. The van der Waals surface area contributed by atoms with Crippen LogP contribution in [0.5, 0.6) is 0 Å². The number of benzene rings is 1. The molecule has 1 aromatic carbocycles. The first-order valence-electron chi connectivity index (χ1n) is 5.77. The lowest BCUT2D eigenvalue weighted by molar-refractivity contribution is 0.141. The van der Waals surface area contributed by atoms with E-state index in [1.807, 2.05) is 30.3 Å². The number of amides is 1. The molecular weight excluding hydrogens is 242 g/mol. The van der Waals surface area contributed by atoms with Gasteiger partial charge in [-0.2, -0.15) is 0 Å². The van der Waals surface area contributed by atoms with Crippen LogP contribution < -0.4 is 5.32 Å². The normalized spacial score (nSPS) is 9.26. The summed E-state index contributed by atoms with van der Waals surface area (Å²) in [5, 5.41) is 2.54. The number of imidazole rings is 1. The maximum atomic E-state index is 11.4. The van der Waals surface area contributed by atoms with E-state index in [0.717, 1.165) is 5.56 Å². The highest BCUT2D eigenvalue weighted by molar-refractivity contribution is 5.67. The molecule has 2 N–H and O–H groups in total. The predicted octanol–water partition coefficient (Wildman–Crippen LogP) is 1.69. The van der Waals surface area contributed by atoms with Crippen molar-refractivity contribution in [1.82, 2.24) is 15.3 Å². The number of rotatable bonds is 3. The molecule has 0 fully saturated rings. The van der Waals surface area contributed by atoms with Crippen molar-refractivity contribution >= 4 is 6.09 Å². The van der Waals surface area contributed by atoms with Gasteiger partial charge in [-0.3, -0.25) is 0 Å². The first kappa shape index (κ1) is 12.7. The molecule has 0 bridgehead atoms. The summed E-state index contributed by atoms with van der Waals surface area (Å²) < 4.78 is 5.02. The Labute approximate surface area is 111 Å². The van der Waals surface area contributed by atoms with Crippen LogP contribution in [0, 0.1) is 11.8 Å². The zero-order valence-corrected chi connectivity index (χ0v) is 10.2. The van der Waals surface area contributed by atoms with E-state index >= 15 is 0 Å². The van der Waals surface area contributed by atoms with Crippen molar-refractivity contribution in [3.05, 3.63) is 54.1 Å². The number of carbonyl (C=O) groups is 1. The number of nitrogens with zero attached hydrogens (tertiary/aromatic N) is 1. The first-order chi connectivity index (χ1) is 9.34. The molecule has 1 aromatic heterocycles. The Hall–Kier alpha value is -2.74. The third-order valence-corrected chi connectivity index (χ3v) is 2.24. The van der Waals surface area contributed by atoms with Crippen molar-refractivity contribution in [3.63, 3.8) is 0 Å². The summed E-state index contributed by atoms with van der Waals surface area (Å²) in [6.45, 7) is 0.465. The minimum absolute atomic E-state index is 0.217. The average molecular weight is 255 g/mol. The van der Waals surface area contributed by atoms with Crippen LogP contribution in [0.3, 0.4) is 0 Å². The van der Waals surface area contributed by atoms with E-state index in [0.29, 0.717) is 5.82 Å². The van der Waals surface area contributed by atoms with Crippen LogP contribution in [-0.2, 0) is 11.3 Å². The maximum absolute atomic E-state index is 11.4. The Morgan fingerprint density at radius 2 is 2.21 bits per heavy atom. The summed E-state index contributed by atoms with van der Waals surface area (Å²) in [5.74, 6) is 6.10. The molecule has 0 aliphatic carbocycles. The number of hydrogen-bond acceptors (Lipinski definition) is 3. The molecule has 19 heavy (non-hydrogen) atoms. The van der Waals surface area contributed by atoms with Gasteiger partial charge in [-0.05, 0) is 11.5 Å². The number of carbonyl (C=O) groups excluding carboxylic acids is 1. The van der Waals surface area contributed by atoms with E-state index in [2.05, 4.69) is 27.1 Å². The Kier molecular flexibility index (Phi) is 4.59. The van der Waals surface area contributed by atoms with Gasteiger partial charge in [0.25, 0.3) is 0 Å². The van der Waals surface area contributed by atoms with Crippen molar-refractivity contribution in [2.45, 2.75) is 6.61 Å². The fraction of sp³-hybridized carbons (Fsp3) is 0.143. The fourth-order valence-electron chi connectivity index (χ4n) is 1.35. The van der Waals surface area contributed by atoms with E-state index in [1.54, 1.807) is 12.4 Å². The highest BCUT2D eigenvalue weighted by atomic mass is 16.5. The lowest BCUT2D eigenvalue weighted by Gasteiger charge is -2.04. The molecule has 0 aliphatic rings. The van der Waals surface area contributed by atoms with Crippen molar-refractivity contribution in [2.75, 3.05) is 6.54 Å². The van der Waals surface area contributed by atoms with Crippen LogP contribution in [0.2, 0.25) is 0 Å². The molecule has 1 heterocycles. The molecule has 5 nitrogen and oxygen atoms in total. The first-order valence-corrected chi connectivity index (χ1v) is 5.77. The molecule has 2 aromatic rings. The molecule has 0 radical (unpaired) electrons. The van der Waals surface area contributed by atoms with Crippen LogP contribution in [0.25, 0.3) is 0 Å². The van der Waals surface area contributed by atoms with E-state index in [-0.39, 0.29) is 13.2 Å². The molecule has 2 rings (SSSR count). The Morgan fingerprint density at radius 1 is 1.37 bits per heavy atom. The SMILES string of the molecule is O=C(NCC#Cc1ncc[nH]1)OCc1ccccc1. The number of aromatic nitrogens is 2. The third kappa shape index (κ3) is 4.56. The standard InChI is InChI=1S/C14H13N3O2/c18-14(19-11-12-5-2-1-3-6-12)17-8-4-7-13-15-9-10-16-13/h1-3,5-6,9-10H,8,11H2,(H,15,16)(H,17,18). The molecular formula is C14H13N3O2. The van der Waals surface area contributed by atoms with Crippen LogP contribution >= 0.6 is 0 Å². The van der Waals surface area contributed by atoms with E-state index in [9.17, 15) is 4.79 Å². The summed E-state index contributed by atoms with van der Waals surface area (Å²) in [7, 11) is 0. The minimum Gasteiger partial charge on any atom is -0.445 e. The molecule has 0 spiro atoms. The summed E-state index contributed by atoms with van der Waals surface area (Å²) in [6, 6.07) is 9.48. The van der Waals surface area contributed by atoms with Gasteiger partial charge < -0.3 is 15.0 Å². The maximum Gasteiger partial charge on any atom is 0.408 e. The van der Waals surface area contributed by atoms with Crippen molar-refractivity contribution in [1.29, 1.82) is 0 Å². The van der Waals surface area contributed by atoms with Crippen LogP contribution in [0.15, 0.2) is 42.7 Å². The highest BCUT2D eigenvalue weighted by Gasteiger charge is 1.99. The smallest absolute Gasteiger partial charge is 0.408 e. The summed E-state index contributed by atoms with van der Waals surface area (Å²) >= 11 is 0. The summed E-state index contributed by atoms with van der Waals surface area (Å²) in [4.78, 5) is 18.1. The lowest BCUT2D eigenvalue weighted by atomic mass is 10.2. The Balaban J connectivity index is 1.68. The topological polar surface area (TPSA) is 67.0 Å². The van der Waals surface area contributed by atoms with Gasteiger partial charge in [-0.1, -0.05) is 36.3 Å². The largest absolute Gasteiger partial charge is 0.445 e. The van der Waals surface area contributed by atoms with Gasteiger partial charge >= 0.3 is 6.09 Å². The number of alkyl carbamates (subject to hydrolysis) is 1. The Bertz CT molecular complexity index is 568. The number of aromatic amines is 1. The van der Waals surface area contributed by atoms with Crippen molar-refractivity contribution in [3.8, 4) is 11.8 Å². The molecule has 96 valence electrons. The average Bonchev–Trinajstić information content (AvgIpc) is 2.96. The minimum atomic E-state index is -0.488. The molecule has 5 heteroatoms. The van der Waals surface area contributed by atoms with Gasteiger partial charge in [0, 0.05) is 12.4 Å². The quantitative estimate of drug-likeness (QED) is 0.820. The second-order valence-electron chi connectivity index (χ2n) is 3.65. The van der Waals surface area contributed by atoms with Crippen LogP contribution in [0.1, 0.15) is 11.4 Å². The lowest BCUT2D eigenvalue weighted by Crippen LogP contribution is -2.24. The fourth-order valence-corrected chi connectivity index (χ4v) is 1.35. The molecule has 0 saturated carbocycles. The molecule has 0 saturated heterocycles. The van der Waals surface area contributed by atoms with Crippen molar-refractivity contribution in [2.24, 2.45) is 0 Å². The van der Waals surface area contributed by atoms with Gasteiger partial charge in [0.2, 0.25) is 0 Å². The number of H-pyrrole nitrogens is 1. The second kappa shape index (κ2) is 6.87. The number of ether oxygens (including phenoxy) is 1. The summed E-state index contributed by atoms with van der Waals surface area (Å²) in [6.07, 6.45) is 2.81. The highest BCUT2D eigenvalue weighted by Crippen LogP contribution is 2.00. The second-order valence-corrected chi connectivity index (χ2v) is 3.65. The zero-order valence-electron chi connectivity index (χ0n) is 10.2. The molecule has 0 atom stereocenters. The molecule has 0 aliphatic heterocycles. The van der Waals surface area contributed by atoms with Crippen molar-refractivity contribution < 1.29 is 9.53 Å². The molecule has 0 unspecified atom stereocenters. The van der Waals surface area contributed by atoms with Gasteiger partial charge in [0.15, 0.2) is 5.82 Å². The van der Waals surface area contributed by atoms with Gasteiger partial charge in [-0.25, -0.2) is 9.78 Å². The molecule has 1 amide bonds. The van der Waals surface area contributed by atoms with E-state index in [4.69, 9.17) is 4.74 Å². The van der Waals surface area contributed by atoms with Crippen LogP contribution in [-0.4, -0.2) is 22.6 Å².